The van der Waals surface area contributed by atoms with Gasteiger partial charge >= 0.3 is 17.9 Å². The van der Waals surface area contributed by atoms with Crippen LogP contribution >= 0.6 is 0 Å². The molecular formula is C35H49NO9. The fraction of sp³-hybridized carbons (Fsp3) is 0.629. The maximum atomic E-state index is 13.5. The molecule has 3 N–H and O–H groups in total. The second-order valence-electron chi connectivity index (χ2n) is 14.0. The molecule has 3 aliphatic rings. The Kier molecular flexibility index (Phi) is 10.0. The summed E-state index contributed by atoms with van der Waals surface area (Å²) in [6.07, 6.45) is -5.87. The minimum atomic E-state index is -1.52. The minimum Gasteiger partial charge on any atom is -0.458 e. The Bertz CT molecular complexity index is 1340. The first-order chi connectivity index (χ1) is 20.9. The van der Waals surface area contributed by atoms with Crippen LogP contribution in [0.2, 0.25) is 0 Å². The zero-order valence-electron chi connectivity index (χ0n) is 27.6. The molecule has 0 amide bonds. The van der Waals surface area contributed by atoms with Gasteiger partial charge in [0.15, 0.2) is 12.2 Å². The number of benzene rings is 1. The largest absolute Gasteiger partial charge is 0.458 e. The molecule has 0 aromatic heterocycles. The number of likely N-dealkylation sites (N-methyl/N-ethyl adjacent to an activating group) is 1. The topological polar surface area (TPSA) is 143 Å². The molecule has 2 bridgehead atoms. The van der Waals surface area contributed by atoms with E-state index in [0.29, 0.717) is 24.0 Å². The molecule has 45 heavy (non-hydrogen) atoms. The number of aliphatic hydroxyl groups is 3. The molecule has 3 aliphatic carbocycles. The van der Waals surface area contributed by atoms with Crippen molar-refractivity contribution in [1.82, 2.24) is 4.90 Å². The third-order valence-electron chi connectivity index (χ3n) is 10.7. The predicted molar refractivity (Wildman–Crippen MR) is 166 cm³/mol. The molecule has 1 aromatic carbocycles. The van der Waals surface area contributed by atoms with Crippen LogP contribution in [0.1, 0.15) is 72.4 Å². The molecule has 0 aliphatic heterocycles. The summed E-state index contributed by atoms with van der Waals surface area (Å²) in [5.41, 5.74) is 0.809. The van der Waals surface area contributed by atoms with Gasteiger partial charge in [-0.1, -0.05) is 57.7 Å². The fourth-order valence-electron chi connectivity index (χ4n) is 8.17. The van der Waals surface area contributed by atoms with Crippen LogP contribution in [-0.2, 0) is 28.6 Å². The van der Waals surface area contributed by atoms with Crippen molar-refractivity contribution >= 4 is 17.9 Å². The Labute approximate surface area is 266 Å². The summed E-state index contributed by atoms with van der Waals surface area (Å²) in [4.78, 5) is 39.7. The monoisotopic (exact) mass is 627 g/mol. The van der Waals surface area contributed by atoms with Gasteiger partial charge in [0.05, 0.1) is 12.1 Å². The molecule has 0 radical (unpaired) electrons. The Hall–Kier alpha value is -3.05. The van der Waals surface area contributed by atoms with E-state index in [1.807, 2.05) is 51.1 Å². The molecule has 2 fully saturated rings. The molecule has 2 saturated carbocycles. The first-order valence-electron chi connectivity index (χ1n) is 15.6. The third kappa shape index (κ3) is 6.35. The van der Waals surface area contributed by atoms with Gasteiger partial charge in [-0.05, 0) is 73.4 Å². The Morgan fingerprint density at radius 3 is 2.09 bits per heavy atom. The summed E-state index contributed by atoms with van der Waals surface area (Å²) < 4.78 is 17.5. The van der Waals surface area contributed by atoms with Gasteiger partial charge < -0.3 is 29.5 Å². The molecule has 10 nitrogen and oxygen atoms in total. The van der Waals surface area contributed by atoms with Crippen LogP contribution in [0.15, 0.2) is 53.6 Å². The summed E-state index contributed by atoms with van der Waals surface area (Å²) in [6, 6.07) is 8.48. The van der Waals surface area contributed by atoms with E-state index in [1.165, 1.54) is 13.8 Å². The number of rotatable bonds is 7. The highest BCUT2D eigenvalue weighted by atomic mass is 16.6. The summed E-state index contributed by atoms with van der Waals surface area (Å²) in [6.45, 7) is 14.6. The average Bonchev–Trinajstić information content (AvgIpc) is 2.94. The van der Waals surface area contributed by atoms with Crippen molar-refractivity contribution in [2.75, 3.05) is 14.1 Å². The van der Waals surface area contributed by atoms with Crippen LogP contribution in [0.3, 0.4) is 0 Å². The summed E-state index contributed by atoms with van der Waals surface area (Å²) in [7, 11) is 3.52. The molecule has 0 spiro atoms. The molecule has 0 saturated heterocycles. The number of ether oxygens (including phenoxy) is 3. The molecule has 0 heterocycles. The lowest BCUT2D eigenvalue weighted by molar-refractivity contribution is -0.192. The zero-order valence-corrected chi connectivity index (χ0v) is 27.6. The van der Waals surface area contributed by atoms with Gasteiger partial charge in [-0.3, -0.25) is 14.5 Å². The second-order valence-corrected chi connectivity index (χ2v) is 14.0. The highest BCUT2D eigenvalue weighted by Crippen LogP contribution is 2.59. The van der Waals surface area contributed by atoms with E-state index >= 15 is 0 Å². The Balaban J connectivity index is 1.72. The average molecular weight is 628 g/mol. The van der Waals surface area contributed by atoms with E-state index in [1.54, 1.807) is 25.9 Å². The molecule has 10 atom stereocenters. The smallest absolute Gasteiger partial charge is 0.337 e. The van der Waals surface area contributed by atoms with Crippen molar-refractivity contribution in [3.63, 3.8) is 0 Å². The highest BCUT2D eigenvalue weighted by molar-refractivity contribution is 5.76. The highest BCUT2D eigenvalue weighted by Gasteiger charge is 2.61. The van der Waals surface area contributed by atoms with Gasteiger partial charge in [0, 0.05) is 25.7 Å². The van der Waals surface area contributed by atoms with Gasteiger partial charge in [0.25, 0.3) is 0 Å². The summed E-state index contributed by atoms with van der Waals surface area (Å²) in [5, 5.41) is 35.1. The zero-order chi connectivity index (χ0) is 33.6. The van der Waals surface area contributed by atoms with Crippen LogP contribution in [-0.4, -0.2) is 88.8 Å². The SMILES string of the molecule is C=C1[C@@H](OC(=O)[C@H](O)[C@@H](c2ccccc2)N(C)C)C[C@H](O)[C@]2(C)[C@@H]1C[C@@H]1C[C@H](OC(C)=O)C(C)=C([C@@H](OC(C)=O)[C@@H]2O)C1(C)C. The lowest BCUT2D eigenvalue weighted by Crippen LogP contribution is -2.63. The first-order valence-corrected chi connectivity index (χ1v) is 15.6. The molecular weight excluding hydrogens is 578 g/mol. The maximum absolute atomic E-state index is 13.5. The van der Waals surface area contributed by atoms with Crippen molar-refractivity contribution in [2.45, 2.75) is 103 Å². The maximum Gasteiger partial charge on any atom is 0.337 e. The van der Waals surface area contributed by atoms with Gasteiger partial charge in [-0.25, -0.2) is 4.79 Å². The number of hydrogen-bond donors (Lipinski definition) is 3. The van der Waals surface area contributed by atoms with E-state index in [-0.39, 0.29) is 12.3 Å². The number of carbonyl (C=O) groups is 3. The van der Waals surface area contributed by atoms with E-state index in [9.17, 15) is 29.7 Å². The van der Waals surface area contributed by atoms with E-state index in [0.717, 1.165) is 11.1 Å². The molecule has 248 valence electrons. The second kappa shape index (κ2) is 13.0. The Morgan fingerprint density at radius 2 is 1.53 bits per heavy atom. The quantitative estimate of drug-likeness (QED) is 0.234. The first kappa shape index (κ1) is 34.8. The normalized spacial score (nSPS) is 34.1. The van der Waals surface area contributed by atoms with Crippen LogP contribution in [0, 0.1) is 22.7 Å². The van der Waals surface area contributed by atoms with Crippen molar-refractivity contribution < 1.29 is 43.9 Å². The Morgan fingerprint density at radius 1 is 0.933 bits per heavy atom. The minimum absolute atomic E-state index is 0.0612. The van der Waals surface area contributed by atoms with Crippen molar-refractivity contribution in [2.24, 2.45) is 22.7 Å². The number of aliphatic hydroxyl groups excluding tert-OH is 3. The number of nitrogens with zero attached hydrogens (tertiary/aromatic N) is 1. The lowest BCUT2D eigenvalue weighted by atomic mass is 9.49. The van der Waals surface area contributed by atoms with Crippen LogP contribution in [0.4, 0.5) is 0 Å². The van der Waals surface area contributed by atoms with Crippen molar-refractivity contribution in [3.05, 3.63) is 59.2 Å². The summed E-state index contributed by atoms with van der Waals surface area (Å²) >= 11 is 0. The molecule has 1 aromatic rings. The van der Waals surface area contributed by atoms with E-state index in [4.69, 9.17) is 14.2 Å². The standard InChI is InChI=1S/C35H49NO9/c1-18-24-15-23-16-25(43-20(3)37)19(2)28(34(23,5)6)31(44-21(4)38)32(41)35(24,7)27(39)17-26(18)45-33(42)30(40)29(36(8)9)22-13-11-10-12-14-22/h10-14,23-27,29-32,39-41H,1,15-17H2,2-9H3/t23-,24-,25+,26+,27+,29-,30-,31-,32+,35+/m1/s1. The van der Waals surface area contributed by atoms with Crippen molar-refractivity contribution in [3.8, 4) is 0 Å². The summed E-state index contributed by atoms with van der Waals surface area (Å²) in [5.74, 6) is -2.61. The number of esters is 3. The van der Waals surface area contributed by atoms with Crippen LogP contribution < -0.4 is 0 Å². The third-order valence-corrected chi connectivity index (χ3v) is 10.7. The van der Waals surface area contributed by atoms with Gasteiger partial charge in [-0.15, -0.1) is 0 Å². The predicted octanol–water partition coefficient (Wildman–Crippen LogP) is 3.50. The number of hydrogen-bond acceptors (Lipinski definition) is 10. The molecule has 4 rings (SSSR count). The van der Waals surface area contributed by atoms with Crippen molar-refractivity contribution in [1.29, 1.82) is 0 Å². The van der Waals surface area contributed by atoms with Gasteiger partial charge in [-0.2, -0.15) is 0 Å². The lowest BCUT2D eigenvalue weighted by Gasteiger charge is -2.58. The van der Waals surface area contributed by atoms with Gasteiger partial charge in [0.2, 0.25) is 0 Å². The van der Waals surface area contributed by atoms with Crippen LogP contribution in [0.5, 0.6) is 0 Å². The fourth-order valence-corrected chi connectivity index (χ4v) is 8.17. The van der Waals surface area contributed by atoms with Gasteiger partial charge in [0.1, 0.15) is 18.3 Å². The molecule has 10 heteroatoms. The number of carbonyl (C=O) groups excluding carboxylic acids is 3. The van der Waals surface area contributed by atoms with E-state index in [2.05, 4.69) is 6.58 Å². The molecule has 0 unspecified atom stereocenters. The number of fused-ring (bicyclic) bond motifs is 3. The van der Waals surface area contributed by atoms with Crippen LogP contribution in [0.25, 0.3) is 0 Å². The van der Waals surface area contributed by atoms with E-state index < -0.39 is 77.3 Å².